The van der Waals surface area contributed by atoms with Crippen molar-refractivity contribution in [2.45, 2.75) is 6.54 Å². The average molecular weight is 280 g/mol. The second-order valence-electron chi connectivity index (χ2n) is 3.33. The molecule has 0 unspecified atom stereocenters. The largest absolute Gasteiger partial charge is 0.346 e. The fourth-order valence-corrected chi connectivity index (χ4v) is 1.75. The molecule has 3 rings (SSSR count). The number of nitrogens with zero attached hydrogens (tertiary/aromatic N) is 4. The lowest BCUT2D eigenvalue weighted by Crippen LogP contribution is -2.14. The summed E-state index contributed by atoms with van der Waals surface area (Å²) in [6, 6.07) is 3.55. The highest BCUT2D eigenvalue weighted by atomic mass is 79.9. The monoisotopic (exact) mass is 279 g/mol. The Hall–Kier alpha value is -1.76. The smallest absolute Gasteiger partial charge is 0.255 e. The summed E-state index contributed by atoms with van der Waals surface area (Å²) in [7, 11) is 0. The third kappa shape index (κ3) is 1.40. The zero-order valence-corrected chi connectivity index (χ0v) is 9.60. The first kappa shape index (κ1) is 9.46. The fourth-order valence-electron chi connectivity index (χ4n) is 1.54. The van der Waals surface area contributed by atoms with E-state index in [2.05, 4.69) is 36.5 Å². The van der Waals surface area contributed by atoms with Crippen LogP contribution in [0.5, 0.6) is 0 Å². The van der Waals surface area contributed by atoms with Crippen molar-refractivity contribution in [2.24, 2.45) is 0 Å². The molecule has 1 amide bonds. The van der Waals surface area contributed by atoms with Crippen molar-refractivity contribution in [3.8, 4) is 5.82 Å². The van der Waals surface area contributed by atoms with Gasteiger partial charge in [-0.05, 0) is 28.1 Å². The van der Waals surface area contributed by atoms with E-state index in [1.165, 1.54) is 0 Å². The summed E-state index contributed by atoms with van der Waals surface area (Å²) in [5.74, 6) is 0.497. The van der Waals surface area contributed by atoms with Gasteiger partial charge in [-0.2, -0.15) is 5.10 Å². The van der Waals surface area contributed by atoms with E-state index >= 15 is 0 Å². The van der Waals surface area contributed by atoms with E-state index in [0.717, 1.165) is 5.69 Å². The lowest BCUT2D eigenvalue weighted by atomic mass is 10.3. The molecule has 2 aromatic heterocycles. The van der Waals surface area contributed by atoms with Crippen molar-refractivity contribution < 1.29 is 4.79 Å². The minimum Gasteiger partial charge on any atom is -0.346 e. The quantitative estimate of drug-likeness (QED) is 0.833. The molecule has 0 atom stereocenters. The molecule has 80 valence electrons. The Morgan fingerprint density at radius 3 is 2.94 bits per heavy atom. The molecule has 0 saturated carbocycles. The Bertz CT molecular complexity index is 562. The summed E-state index contributed by atoms with van der Waals surface area (Å²) in [4.78, 5) is 11.4. The first-order valence-electron chi connectivity index (χ1n) is 4.60. The highest BCUT2D eigenvalue weighted by Crippen LogP contribution is 2.15. The van der Waals surface area contributed by atoms with Crippen molar-refractivity contribution in [1.82, 2.24) is 25.3 Å². The molecule has 6 nitrogen and oxygen atoms in total. The fraction of sp³-hybridized carbons (Fsp3) is 0.111. The van der Waals surface area contributed by atoms with Crippen LogP contribution in [0.3, 0.4) is 0 Å². The first-order valence-corrected chi connectivity index (χ1v) is 5.40. The molecule has 0 aliphatic carbocycles. The molecule has 0 spiro atoms. The van der Waals surface area contributed by atoms with Crippen LogP contribution in [0.15, 0.2) is 22.9 Å². The summed E-state index contributed by atoms with van der Waals surface area (Å²) in [6.07, 6.45) is 1.66. The normalized spacial score (nSPS) is 13.7. The summed E-state index contributed by atoms with van der Waals surface area (Å²) >= 11 is 3.20. The summed E-state index contributed by atoms with van der Waals surface area (Å²) in [5.41, 5.74) is 1.35. The number of carbonyl (C=O) groups excluding carboxylic acids is 1. The van der Waals surface area contributed by atoms with Crippen LogP contribution in [-0.4, -0.2) is 25.9 Å². The van der Waals surface area contributed by atoms with E-state index in [9.17, 15) is 4.79 Å². The molecule has 16 heavy (non-hydrogen) atoms. The number of aromatic nitrogens is 4. The molecule has 3 heterocycles. The van der Waals surface area contributed by atoms with Crippen molar-refractivity contribution in [3.63, 3.8) is 0 Å². The number of fused-ring (bicyclic) bond motifs is 1. The van der Waals surface area contributed by atoms with Gasteiger partial charge in [0.15, 0.2) is 5.82 Å². The van der Waals surface area contributed by atoms with Crippen molar-refractivity contribution in [3.05, 3.63) is 34.2 Å². The molecule has 2 aromatic rings. The number of hydrogen-bond donors (Lipinski definition) is 1. The third-order valence-electron chi connectivity index (χ3n) is 2.30. The van der Waals surface area contributed by atoms with E-state index in [0.29, 0.717) is 22.5 Å². The Balaban J connectivity index is 2.05. The second-order valence-corrected chi connectivity index (χ2v) is 4.14. The number of hydrogen-bond acceptors (Lipinski definition) is 4. The second kappa shape index (κ2) is 3.38. The van der Waals surface area contributed by atoms with Crippen molar-refractivity contribution >= 4 is 21.8 Å². The van der Waals surface area contributed by atoms with Crippen molar-refractivity contribution in [2.75, 3.05) is 0 Å². The van der Waals surface area contributed by atoms with Gasteiger partial charge < -0.3 is 5.32 Å². The maximum Gasteiger partial charge on any atom is 0.255 e. The van der Waals surface area contributed by atoms with E-state index in [1.807, 2.05) is 0 Å². The number of rotatable bonds is 1. The van der Waals surface area contributed by atoms with Gasteiger partial charge in [0, 0.05) is 6.20 Å². The van der Waals surface area contributed by atoms with Crippen LogP contribution in [0.2, 0.25) is 0 Å². The third-order valence-corrected chi connectivity index (χ3v) is 2.73. The minimum absolute atomic E-state index is 0.0914. The Morgan fingerprint density at radius 1 is 1.38 bits per heavy atom. The van der Waals surface area contributed by atoms with Gasteiger partial charge in [-0.25, -0.2) is 4.68 Å². The van der Waals surface area contributed by atoms with Gasteiger partial charge >= 0.3 is 0 Å². The summed E-state index contributed by atoms with van der Waals surface area (Å²) < 4.78 is 2.22. The van der Waals surface area contributed by atoms with E-state index in [4.69, 9.17) is 0 Å². The Kier molecular flexibility index (Phi) is 2.00. The van der Waals surface area contributed by atoms with Crippen LogP contribution in [0, 0.1) is 0 Å². The Labute approximate surface area is 98.8 Å². The van der Waals surface area contributed by atoms with E-state index < -0.39 is 0 Å². The molecule has 1 aliphatic rings. The molecule has 0 bridgehead atoms. The van der Waals surface area contributed by atoms with Crippen molar-refractivity contribution in [1.29, 1.82) is 0 Å². The van der Waals surface area contributed by atoms with Gasteiger partial charge in [0.25, 0.3) is 5.91 Å². The lowest BCUT2D eigenvalue weighted by molar-refractivity contribution is 0.0965. The van der Waals surface area contributed by atoms with Gasteiger partial charge in [-0.3, -0.25) is 4.79 Å². The van der Waals surface area contributed by atoms with Crippen LogP contribution >= 0.6 is 15.9 Å². The molecule has 0 radical (unpaired) electrons. The first-order chi connectivity index (χ1) is 7.74. The van der Waals surface area contributed by atoms with Crippen LogP contribution in [0.4, 0.5) is 0 Å². The summed E-state index contributed by atoms with van der Waals surface area (Å²) in [5, 5.41) is 14.8. The molecule has 1 N–H and O–H groups in total. The predicted molar refractivity (Wildman–Crippen MR) is 58.0 cm³/mol. The number of halogens is 1. The zero-order valence-electron chi connectivity index (χ0n) is 8.01. The zero-order chi connectivity index (χ0) is 11.1. The number of carbonyl (C=O) groups is 1. The topological polar surface area (TPSA) is 72.7 Å². The number of amides is 1. The highest BCUT2D eigenvalue weighted by molar-refractivity contribution is 9.10. The van der Waals surface area contributed by atoms with Crippen LogP contribution < -0.4 is 5.32 Å². The molecule has 7 heteroatoms. The van der Waals surface area contributed by atoms with Gasteiger partial charge in [0.2, 0.25) is 0 Å². The van der Waals surface area contributed by atoms with Gasteiger partial charge in [0.1, 0.15) is 4.60 Å². The van der Waals surface area contributed by atoms with E-state index in [1.54, 1.807) is 23.0 Å². The van der Waals surface area contributed by atoms with Crippen LogP contribution in [0.1, 0.15) is 16.1 Å². The predicted octanol–water partition coefficient (Wildman–Crippen LogP) is 0.668. The SMILES string of the molecule is O=C1NCc2nn(-c3ccc(Br)nn3)cc21. The Morgan fingerprint density at radius 2 is 2.25 bits per heavy atom. The lowest BCUT2D eigenvalue weighted by Gasteiger charge is -1.99. The number of nitrogens with one attached hydrogen (secondary N) is 1. The maximum atomic E-state index is 11.4. The van der Waals surface area contributed by atoms with Gasteiger partial charge in [-0.1, -0.05) is 0 Å². The molecule has 1 aliphatic heterocycles. The highest BCUT2D eigenvalue weighted by Gasteiger charge is 2.23. The molecular weight excluding hydrogens is 274 g/mol. The van der Waals surface area contributed by atoms with Gasteiger partial charge in [0.05, 0.1) is 17.8 Å². The van der Waals surface area contributed by atoms with Crippen LogP contribution in [-0.2, 0) is 6.54 Å². The molecule has 0 aromatic carbocycles. The standard InChI is InChI=1S/C9H6BrN5O/c10-7-1-2-8(13-12-7)15-4-5-6(14-15)3-11-9(5)16/h1-2,4H,3H2,(H,11,16). The minimum atomic E-state index is -0.0914. The average Bonchev–Trinajstić information content (AvgIpc) is 2.83. The molecule has 0 fully saturated rings. The summed E-state index contributed by atoms with van der Waals surface area (Å²) in [6.45, 7) is 0.477. The maximum absolute atomic E-state index is 11.4. The van der Waals surface area contributed by atoms with E-state index in [-0.39, 0.29) is 5.91 Å². The van der Waals surface area contributed by atoms with Gasteiger partial charge in [-0.15, -0.1) is 10.2 Å². The van der Waals surface area contributed by atoms with Crippen LogP contribution in [0.25, 0.3) is 5.82 Å². The molecular formula is C9H6BrN5O. The molecule has 0 saturated heterocycles.